The maximum absolute atomic E-state index is 12.8. The Morgan fingerprint density at radius 3 is 2.52 bits per heavy atom. The lowest BCUT2D eigenvalue weighted by atomic mass is 10.1. The number of carbonyl (C=O) groups excluding carboxylic acids is 1. The predicted molar refractivity (Wildman–Crippen MR) is 68.0 cm³/mol. The summed E-state index contributed by atoms with van der Waals surface area (Å²) in [5.74, 6) is -0.500. The van der Waals surface area contributed by atoms with E-state index in [2.05, 4.69) is 4.74 Å². The molecule has 0 unspecified atom stereocenters. The molecule has 0 fully saturated rings. The number of ether oxygens (including phenoxy) is 1. The average Bonchev–Trinajstić information content (AvgIpc) is 2.42. The molecule has 9 heteroatoms. The molecule has 0 aliphatic rings. The summed E-state index contributed by atoms with van der Waals surface area (Å²) < 4.78 is 42.9. The summed E-state index contributed by atoms with van der Waals surface area (Å²) in [7, 11) is 2.68. The molecule has 116 valence electrons. The van der Waals surface area contributed by atoms with Gasteiger partial charge in [-0.3, -0.25) is 14.9 Å². The zero-order valence-corrected chi connectivity index (χ0v) is 11.3. The lowest BCUT2D eigenvalue weighted by Gasteiger charge is -2.20. The molecule has 0 aliphatic heterocycles. The average molecular weight is 306 g/mol. The normalized spacial score (nSPS) is 11.1. The zero-order valence-electron chi connectivity index (χ0n) is 11.3. The number of hydrogen-bond acceptors (Lipinski definition) is 5. The van der Waals surface area contributed by atoms with Crippen molar-refractivity contribution in [2.24, 2.45) is 0 Å². The SMILES string of the molecule is COC(=O)CCN(C)c1ccc([N+](=O)[O-])c(C(F)(F)F)c1. The molecule has 0 saturated heterocycles. The van der Waals surface area contributed by atoms with Crippen LogP contribution in [0, 0.1) is 10.1 Å². The van der Waals surface area contributed by atoms with Crippen molar-refractivity contribution in [3.05, 3.63) is 33.9 Å². The summed E-state index contributed by atoms with van der Waals surface area (Å²) in [6, 6.07) is 2.69. The first-order chi connectivity index (χ1) is 9.66. The quantitative estimate of drug-likeness (QED) is 0.475. The lowest BCUT2D eigenvalue weighted by molar-refractivity contribution is -0.388. The minimum absolute atomic E-state index is 0.00859. The minimum atomic E-state index is -4.83. The van der Waals surface area contributed by atoms with E-state index in [0.29, 0.717) is 6.07 Å². The number of alkyl halides is 3. The Hall–Kier alpha value is -2.32. The van der Waals surface area contributed by atoms with Crippen LogP contribution in [0.3, 0.4) is 0 Å². The van der Waals surface area contributed by atoms with E-state index in [9.17, 15) is 28.1 Å². The monoisotopic (exact) mass is 306 g/mol. The Balaban J connectivity index is 3.05. The number of halogens is 3. The second kappa shape index (κ2) is 6.42. The van der Waals surface area contributed by atoms with Crippen molar-refractivity contribution in [3.8, 4) is 0 Å². The van der Waals surface area contributed by atoms with E-state index in [1.54, 1.807) is 0 Å². The number of nitro groups is 1. The van der Waals surface area contributed by atoms with Crippen LogP contribution in [0.5, 0.6) is 0 Å². The largest absolute Gasteiger partial charge is 0.469 e. The third-order valence-corrected chi connectivity index (χ3v) is 2.80. The third kappa shape index (κ3) is 4.33. The number of benzene rings is 1. The van der Waals surface area contributed by atoms with Gasteiger partial charge in [0.15, 0.2) is 0 Å². The van der Waals surface area contributed by atoms with Crippen molar-refractivity contribution in [2.75, 3.05) is 25.6 Å². The first-order valence-corrected chi connectivity index (χ1v) is 5.80. The molecule has 0 aliphatic carbocycles. The van der Waals surface area contributed by atoms with E-state index in [1.165, 1.54) is 25.1 Å². The number of methoxy groups -OCH3 is 1. The second-order valence-corrected chi connectivity index (χ2v) is 4.20. The van der Waals surface area contributed by atoms with Crippen LogP contribution >= 0.6 is 0 Å². The molecule has 1 aromatic rings. The van der Waals surface area contributed by atoms with Gasteiger partial charge in [0.05, 0.1) is 18.5 Å². The Labute approximate surface area is 118 Å². The van der Waals surface area contributed by atoms with Crippen LogP contribution in [-0.2, 0) is 15.7 Å². The van der Waals surface area contributed by atoms with E-state index >= 15 is 0 Å². The molecule has 0 spiro atoms. The number of carbonyl (C=O) groups is 1. The molecule has 0 bridgehead atoms. The summed E-state index contributed by atoms with van der Waals surface area (Å²) in [6.07, 6.45) is -4.84. The Bertz CT molecular complexity index is 546. The second-order valence-electron chi connectivity index (χ2n) is 4.20. The molecule has 1 aromatic carbocycles. The summed E-state index contributed by atoms with van der Waals surface area (Å²) in [5, 5.41) is 10.6. The van der Waals surface area contributed by atoms with Crippen molar-refractivity contribution in [1.29, 1.82) is 0 Å². The van der Waals surface area contributed by atoms with Crippen molar-refractivity contribution in [1.82, 2.24) is 0 Å². The van der Waals surface area contributed by atoms with E-state index in [-0.39, 0.29) is 18.7 Å². The van der Waals surface area contributed by atoms with Gasteiger partial charge >= 0.3 is 12.1 Å². The van der Waals surface area contributed by atoms with Crippen molar-refractivity contribution < 1.29 is 27.6 Å². The van der Waals surface area contributed by atoms with Crippen molar-refractivity contribution >= 4 is 17.3 Å². The highest BCUT2D eigenvalue weighted by molar-refractivity contribution is 5.70. The smallest absolute Gasteiger partial charge is 0.423 e. The molecular weight excluding hydrogens is 293 g/mol. The standard InChI is InChI=1S/C12H13F3N2O4/c1-16(6-5-11(18)21-2)8-3-4-10(17(19)20)9(7-8)12(13,14)15/h3-4,7H,5-6H2,1-2H3. The van der Waals surface area contributed by atoms with Gasteiger partial charge in [-0.2, -0.15) is 13.2 Å². The molecule has 21 heavy (non-hydrogen) atoms. The Morgan fingerprint density at radius 1 is 1.43 bits per heavy atom. The van der Waals surface area contributed by atoms with Gasteiger partial charge in [-0.1, -0.05) is 0 Å². The molecule has 0 heterocycles. The molecular formula is C12H13F3N2O4. The van der Waals surface area contributed by atoms with Crippen LogP contribution in [0.2, 0.25) is 0 Å². The minimum Gasteiger partial charge on any atom is -0.469 e. The number of nitrogens with zero attached hydrogens (tertiary/aromatic N) is 2. The highest BCUT2D eigenvalue weighted by atomic mass is 19.4. The van der Waals surface area contributed by atoms with Gasteiger partial charge in [0.25, 0.3) is 5.69 Å². The van der Waals surface area contributed by atoms with Gasteiger partial charge in [0.1, 0.15) is 5.56 Å². The Kier molecular flexibility index (Phi) is 5.12. The van der Waals surface area contributed by atoms with Gasteiger partial charge in [-0.05, 0) is 12.1 Å². The van der Waals surface area contributed by atoms with E-state index < -0.39 is 28.3 Å². The van der Waals surface area contributed by atoms with Gasteiger partial charge in [0.2, 0.25) is 0 Å². The first kappa shape index (κ1) is 16.7. The number of hydrogen-bond donors (Lipinski definition) is 0. The summed E-state index contributed by atoms with van der Waals surface area (Å²) in [6.45, 7) is 0.127. The molecule has 0 atom stereocenters. The summed E-state index contributed by atoms with van der Waals surface area (Å²) >= 11 is 0. The van der Waals surface area contributed by atoms with Gasteiger partial charge in [0, 0.05) is 25.3 Å². The lowest BCUT2D eigenvalue weighted by Crippen LogP contribution is -2.22. The fraction of sp³-hybridized carbons (Fsp3) is 0.417. The fourth-order valence-corrected chi connectivity index (χ4v) is 1.64. The highest BCUT2D eigenvalue weighted by Crippen LogP contribution is 2.38. The molecule has 0 amide bonds. The molecule has 0 saturated carbocycles. The van der Waals surface area contributed by atoms with Crippen LogP contribution in [0.4, 0.5) is 24.5 Å². The van der Waals surface area contributed by atoms with Crippen molar-refractivity contribution in [3.63, 3.8) is 0 Å². The topological polar surface area (TPSA) is 72.7 Å². The summed E-state index contributed by atoms with van der Waals surface area (Å²) in [4.78, 5) is 21.9. The molecule has 6 nitrogen and oxygen atoms in total. The van der Waals surface area contributed by atoms with E-state index in [0.717, 1.165) is 6.07 Å². The molecule has 1 rings (SSSR count). The maximum atomic E-state index is 12.8. The number of nitro benzene ring substituents is 1. The van der Waals surface area contributed by atoms with Crippen LogP contribution in [0.25, 0.3) is 0 Å². The third-order valence-electron chi connectivity index (χ3n) is 2.80. The van der Waals surface area contributed by atoms with Gasteiger partial charge in [-0.25, -0.2) is 0 Å². The molecule has 0 aromatic heterocycles. The molecule has 0 radical (unpaired) electrons. The van der Waals surface area contributed by atoms with Crippen LogP contribution in [-0.4, -0.2) is 31.6 Å². The molecule has 0 N–H and O–H groups in total. The van der Waals surface area contributed by atoms with E-state index in [4.69, 9.17) is 0 Å². The fourth-order valence-electron chi connectivity index (χ4n) is 1.64. The van der Waals surface area contributed by atoms with Crippen LogP contribution in [0.1, 0.15) is 12.0 Å². The number of rotatable bonds is 5. The first-order valence-electron chi connectivity index (χ1n) is 5.80. The maximum Gasteiger partial charge on any atom is 0.423 e. The Morgan fingerprint density at radius 2 is 2.05 bits per heavy atom. The van der Waals surface area contributed by atoms with Crippen LogP contribution < -0.4 is 4.90 Å². The van der Waals surface area contributed by atoms with E-state index in [1.807, 2.05) is 0 Å². The van der Waals surface area contributed by atoms with Gasteiger partial charge in [-0.15, -0.1) is 0 Å². The summed E-state index contributed by atoms with van der Waals surface area (Å²) in [5.41, 5.74) is -2.21. The highest BCUT2D eigenvalue weighted by Gasteiger charge is 2.38. The number of esters is 1. The van der Waals surface area contributed by atoms with Crippen molar-refractivity contribution in [2.45, 2.75) is 12.6 Å². The number of anilines is 1. The zero-order chi connectivity index (χ0) is 16.2. The van der Waals surface area contributed by atoms with Gasteiger partial charge < -0.3 is 9.64 Å². The predicted octanol–water partition coefficient (Wildman–Crippen LogP) is 2.61. The van der Waals surface area contributed by atoms with Crippen LogP contribution in [0.15, 0.2) is 18.2 Å².